The lowest BCUT2D eigenvalue weighted by Crippen LogP contribution is -2.36. The molecule has 254 valence electrons. The van der Waals surface area contributed by atoms with E-state index in [0.717, 1.165) is 100 Å². The molecule has 3 heterocycles. The van der Waals surface area contributed by atoms with Gasteiger partial charge in [0.15, 0.2) is 0 Å². The van der Waals surface area contributed by atoms with Crippen molar-refractivity contribution >= 4 is 51.9 Å². The Labute approximate surface area is 294 Å². The highest BCUT2D eigenvalue weighted by Gasteiger charge is 2.22. The molecule has 3 aromatic carbocycles. The Morgan fingerprint density at radius 3 is 2.24 bits per heavy atom. The molecule has 7 heteroatoms. The van der Waals surface area contributed by atoms with Crippen LogP contribution in [0.15, 0.2) is 147 Å². The van der Waals surface area contributed by atoms with Crippen molar-refractivity contribution in [1.29, 1.82) is 0 Å². The van der Waals surface area contributed by atoms with Gasteiger partial charge in [-0.2, -0.15) is 0 Å². The minimum Gasteiger partial charge on any atom is -0.386 e. The van der Waals surface area contributed by atoms with Crippen LogP contribution in [0.1, 0.15) is 37.3 Å². The van der Waals surface area contributed by atoms with Gasteiger partial charge in [-0.15, -0.1) is 0 Å². The van der Waals surface area contributed by atoms with E-state index >= 15 is 0 Å². The molecule has 1 saturated heterocycles. The topological polar surface area (TPSA) is 80.9 Å². The Hall–Kier alpha value is -6.08. The third kappa shape index (κ3) is 7.96. The summed E-state index contributed by atoms with van der Waals surface area (Å²) in [6.07, 6.45) is 10.8. The van der Waals surface area contributed by atoms with Crippen molar-refractivity contribution < 1.29 is 0 Å². The molecule has 6 rings (SSSR count). The molecular weight excluding hydrogens is 615 g/mol. The average Bonchev–Trinajstić information content (AvgIpc) is 3.66. The van der Waals surface area contributed by atoms with Crippen LogP contribution in [0, 0.1) is 0 Å². The first-order chi connectivity index (χ1) is 24.1. The minimum absolute atomic E-state index is 0.138. The number of hydrogen-bond donors (Lipinski definition) is 6. The first-order valence-electron chi connectivity index (χ1n) is 17.1. The minimum atomic E-state index is 0.138. The van der Waals surface area contributed by atoms with Gasteiger partial charge in [-0.25, -0.2) is 0 Å². The summed E-state index contributed by atoms with van der Waals surface area (Å²) in [5.41, 5.74) is 8.81. The molecule has 6 N–H and O–H groups in total. The fourth-order valence-electron chi connectivity index (χ4n) is 6.51. The van der Waals surface area contributed by atoms with Crippen LogP contribution < -0.4 is 37.3 Å². The van der Waals surface area contributed by atoms with Crippen molar-refractivity contribution in [1.82, 2.24) is 20.2 Å². The van der Waals surface area contributed by atoms with Crippen molar-refractivity contribution in [3.8, 4) is 0 Å². The number of allylic oxidation sites excluding steroid dienone is 4. The summed E-state index contributed by atoms with van der Waals surface area (Å²) < 4.78 is 2.24. The number of benzene rings is 3. The van der Waals surface area contributed by atoms with Crippen molar-refractivity contribution in [2.75, 3.05) is 22.5 Å². The van der Waals surface area contributed by atoms with Gasteiger partial charge >= 0.3 is 0 Å². The zero-order valence-electron chi connectivity index (χ0n) is 28.8. The largest absolute Gasteiger partial charge is 0.386 e. The Morgan fingerprint density at radius 1 is 0.760 bits per heavy atom. The summed E-state index contributed by atoms with van der Waals surface area (Å²) in [6.45, 7) is 30.4. The van der Waals surface area contributed by atoms with Gasteiger partial charge in [0.1, 0.15) is 5.82 Å². The summed E-state index contributed by atoms with van der Waals surface area (Å²) in [7, 11) is 0. The van der Waals surface area contributed by atoms with Crippen LogP contribution in [0.3, 0.4) is 0 Å². The number of fused-ring (bicyclic) bond motifs is 2. The number of nitrogens with zero attached hydrogens (tertiary/aromatic N) is 1. The third-order valence-electron chi connectivity index (χ3n) is 9.12. The maximum Gasteiger partial charge on any atom is 0.100 e. The van der Waals surface area contributed by atoms with Crippen LogP contribution >= 0.6 is 0 Å². The number of aromatic amines is 1. The molecule has 7 nitrogen and oxygen atoms in total. The molecule has 0 saturated carbocycles. The van der Waals surface area contributed by atoms with Gasteiger partial charge in [-0.3, -0.25) is 0 Å². The fraction of sp³-hybridized carbons (Fsp3) is 0.163. The van der Waals surface area contributed by atoms with E-state index in [9.17, 15) is 0 Å². The Balaban J connectivity index is 0.907. The summed E-state index contributed by atoms with van der Waals surface area (Å²) in [5, 5.41) is 22.2. The van der Waals surface area contributed by atoms with Crippen LogP contribution in [-0.2, 0) is 6.42 Å². The number of aromatic nitrogens is 2. The van der Waals surface area contributed by atoms with Gasteiger partial charge in [-0.05, 0) is 104 Å². The number of rotatable bonds is 15. The summed E-state index contributed by atoms with van der Waals surface area (Å²) in [6, 6.07) is 23.0. The lowest BCUT2D eigenvalue weighted by atomic mass is 10.0. The second-order valence-electron chi connectivity index (χ2n) is 12.9. The molecule has 0 radical (unpaired) electrons. The molecule has 1 aliphatic heterocycles. The second-order valence-corrected chi connectivity index (χ2v) is 12.9. The molecule has 0 aliphatic carbocycles. The van der Waals surface area contributed by atoms with Gasteiger partial charge in [0.05, 0.1) is 6.04 Å². The average molecular weight is 662 g/mol. The first kappa shape index (κ1) is 33.8. The van der Waals surface area contributed by atoms with Gasteiger partial charge in [0.2, 0.25) is 0 Å². The van der Waals surface area contributed by atoms with Crippen LogP contribution in [0.4, 0.5) is 17.1 Å². The van der Waals surface area contributed by atoms with Gasteiger partial charge < -0.3 is 36.1 Å². The van der Waals surface area contributed by atoms with Crippen LogP contribution in [0.2, 0.25) is 0 Å². The number of hydrogen-bond acceptors (Lipinski definition) is 5. The highest BCUT2D eigenvalue weighted by atomic mass is 15.1. The van der Waals surface area contributed by atoms with Crippen molar-refractivity contribution in [2.45, 2.75) is 38.1 Å². The van der Waals surface area contributed by atoms with Crippen molar-refractivity contribution in [2.24, 2.45) is 0 Å². The number of anilines is 3. The van der Waals surface area contributed by atoms with Crippen LogP contribution in [-0.4, -0.2) is 16.1 Å². The van der Waals surface area contributed by atoms with E-state index < -0.39 is 0 Å². The predicted molar refractivity (Wildman–Crippen MR) is 215 cm³/mol. The smallest absolute Gasteiger partial charge is 0.100 e. The highest BCUT2D eigenvalue weighted by Crippen LogP contribution is 2.27. The predicted octanol–water partition coefficient (Wildman–Crippen LogP) is 8.50. The summed E-state index contributed by atoms with van der Waals surface area (Å²) >= 11 is 0. The monoisotopic (exact) mass is 661 g/mol. The standard InChI is InChI=1S/C43H47N7/c1-28(11-12-30(3)47-37-17-19-38(20-18-37)48-34(7)49-39-16-15-36-23-25-45-42(36)27-39)44-24-9-8-10-35-14-21-40-32(5)50(33(6)41(40)26-35)43-22-13-29(2)46-31(43)4/h11-12,14-21,23,25-27,43-49H,1-10,13,22,24H2/b12-11+. The van der Waals surface area contributed by atoms with E-state index in [1.54, 1.807) is 0 Å². The van der Waals surface area contributed by atoms with Gasteiger partial charge in [-0.1, -0.05) is 64.3 Å². The van der Waals surface area contributed by atoms with E-state index in [1.807, 2.05) is 54.7 Å². The molecule has 1 atom stereocenters. The van der Waals surface area contributed by atoms with Gasteiger partial charge in [0, 0.05) is 79.6 Å². The molecule has 1 aliphatic rings. The number of piperidine rings is 1. The van der Waals surface area contributed by atoms with Crippen molar-refractivity contribution in [3.63, 3.8) is 0 Å². The fourth-order valence-corrected chi connectivity index (χ4v) is 6.51. The SMILES string of the molecule is C=C(/C=C/C(=C)Nc1ccc(NC(=C)Nc2ccc3cc[nH]c3c2)cc1)NCCCCc1ccc2c(=C)n(C3CCC(=C)NC3=C)c(=C)c2c1. The molecular formula is C43H47N7. The van der Waals surface area contributed by atoms with Gasteiger partial charge in [0.25, 0.3) is 0 Å². The third-order valence-corrected chi connectivity index (χ3v) is 9.12. The number of unbranched alkanes of at least 4 members (excludes halogenated alkanes) is 1. The maximum absolute atomic E-state index is 4.44. The number of aryl methyl sites for hydroxylation is 1. The molecule has 0 bridgehead atoms. The zero-order chi connectivity index (χ0) is 35.2. The Kier molecular flexibility index (Phi) is 10.1. The molecule has 2 aromatic heterocycles. The normalized spacial score (nSPS) is 14.5. The molecule has 0 amide bonds. The summed E-state index contributed by atoms with van der Waals surface area (Å²) in [4.78, 5) is 3.23. The molecule has 1 fully saturated rings. The molecule has 0 spiro atoms. The molecule has 50 heavy (non-hydrogen) atoms. The van der Waals surface area contributed by atoms with Crippen molar-refractivity contribution in [3.05, 3.63) is 163 Å². The lowest BCUT2D eigenvalue weighted by molar-refractivity contribution is 0.458. The number of H-pyrrole nitrogens is 1. The Bertz CT molecular complexity index is 2230. The van der Waals surface area contributed by atoms with E-state index in [-0.39, 0.29) is 6.04 Å². The second kappa shape index (κ2) is 15.0. The first-order valence-corrected chi connectivity index (χ1v) is 17.1. The number of nitrogens with one attached hydrogen (secondary N) is 6. The van der Waals surface area contributed by atoms with E-state index in [4.69, 9.17) is 0 Å². The zero-order valence-corrected chi connectivity index (χ0v) is 28.8. The van der Waals surface area contributed by atoms with Crippen LogP contribution in [0.5, 0.6) is 0 Å². The quantitative estimate of drug-likeness (QED) is 0.0501. The van der Waals surface area contributed by atoms with E-state index in [1.165, 1.54) is 16.3 Å². The Morgan fingerprint density at radius 2 is 1.46 bits per heavy atom. The molecule has 5 aromatic rings. The highest BCUT2D eigenvalue weighted by molar-refractivity contribution is 5.85. The lowest BCUT2D eigenvalue weighted by Gasteiger charge is -2.29. The maximum atomic E-state index is 4.44. The summed E-state index contributed by atoms with van der Waals surface area (Å²) in [5.74, 6) is 0.690. The van der Waals surface area contributed by atoms with E-state index in [0.29, 0.717) is 5.82 Å². The van der Waals surface area contributed by atoms with Crippen LogP contribution in [0.25, 0.3) is 34.8 Å². The van der Waals surface area contributed by atoms with E-state index in [2.05, 4.69) is 113 Å². The molecule has 1 unspecified atom stereocenters.